The normalized spacial score (nSPS) is 13.8. The van der Waals surface area contributed by atoms with Gasteiger partial charge in [-0.25, -0.2) is 0 Å². The van der Waals surface area contributed by atoms with E-state index in [0.717, 1.165) is 11.3 Å². The Morgan fingerprint density at radius 1 is 0.857 bits per heavy atom. The van der Waals surface area contributed by atoms with Crippen molar-refractivity contribution < 1.29 is 4.74 Å². The van der Waals surface area contributed by atoms with Crippen molar-refractivity contribution in [2.75, 3.05) is 7.11 Å². The molecule has 0 bridgehead atoms. The molecule has 1 N–H and O–H groups in total. The van der Waals surface area contributed by atoms with Crippen molar-refractivity contribution in [2.24, 2.45) is 0 Å². The van der Waals surface area contributed by atoms with E-state index in [4.69, 9.17) is 27.9 Å². The molecule has 4 heteroatoms. The van der Waals surface area contributed by atoms with Gasteiger partial charge in [0.15, 0.2) is 0 Å². The van der Waals surface area contributed by atoms with Crippen LogP contribution in [0.1, 0.15) is 37.1 Å². The largest absolute Gasteiger partial charge is 0.497 e. The van der Waals surface area contributed by atoms with Crippen LogP contribution in [0.2, 0.25) is 10.0 Å². The summed E-state index contributed by atoms with van der Waals surface area (Å²) in [6.07, 6.45) is 0. The van der Waals surface area contributed by atoms with Crippen molar-refractivity contribution in [3.05, 3.63) is 63.6 Å². The Kier molecular flexibility index (Phi) is 5.51. The number of nitrogens with one attached hydrogen (secondary N) is 1. The maximum Gasteiger partial charge on any atom is 0.118 e. The standard InChI is InChI=1S/C17H19Cl2NO/c1-11(13-4-7-15(21-3)8-5-13)20-12(2)14-6-9-16(18)17(19)10-14/h4-12,20H,1-3H3/t11-,12?/m1/s1. The van der Waals surface area contributed by atoms with Gasteiger partial charge in [0.2, 0.25) is 0 Å². The molecule has 0 aromatic heterocycles. The van der Waals surface area contributed by atoms with E-state index in [1.165, 1.54) is 5.56 Å². The predicted octanol–water partition coefficient (Wildman–Crippen LogP) is 5.41. The molecule has 2 aromatic rings. The summed E-state index contributed by atoms with van der Waals surface area (Å²) < 4.78 is 5.18. The van der Waals surface area contributed by atoms with Crippen LogP contribution in [0.3, 0.4) is 0 Å². The lowest BCUT2D eigenvalue weighted by atomic mass is 10.0. The van der Waals surface area contributed by atoms with Crippen molar-refractivity contribution in [3.8, 4) is 5.75 Å². The van der Waals surface area contributed by atoms with Crippen LogP contribution in [0.25, 0.3) is 0 Å². The van der Waals surface area contributed by atoms with E-state index in [1.54, 1.807) is 7.11 Å². The number of hydrogen-bond donors (Lipinski definition) is 1. The molecule has 0 saturated heterocycles. The van der Waals surface area contributed by atoms with E-state index in [2.05, 4.69) is 31.3 Å². The second-order valence-corrected chi connectivity index (χ2v) is 5.87. The average molecular weight is 324 g/mol. The average Bonchev–Trinajstić information content (AvgIpc) is 2.50. The quantitative estimate of drug-likeness (QED) is 0.793. The molecule has 2 nitrogen and oxygen atoms in total. The molecule has 2 atom stereocenters. The van der Waals surface area contributed by atoms with Crippen molar-refractivity contribution >= 4 is 23.2 Å². The molecule has 0 heterocycles. The topological polar surface area (TPSA) is 21.3 Å². The number of methoxy groups -OCH3 is 1. The highest BCUT2D eigenvalue weighted by molar-refractivity contribution is 6.42. The summed E-state index contributed by atoms with van der Waals surface area (Å²) in [7, 11) is 1.67. The van der Waals surface area contributed by atoms with Gasteiger partial charge in [0.25, 0.3) is 0 Å². The maximum atomic E-state index is 6.07. The van der Waals surface area contributed by atoms with Gasteiger partial charge in [-0.1, -0.05) is 41.4 Å². The fourth-order valence-electron chi connectivity index (χ4n) is 2.24. The number of halogens is 2. The molecule has 0 saturated carbocycles. The van der Waals surface area contributed by atoms with E-state index < -0.39 is 0 Å². The van der Waals surface area contributed by atoms with Crippen LogP contribution in [-0.4, -0.2) is 7.11 Å². The van der Waals surface area contributed by atoms with Crippen LogP contribution >= 0.6 is 23.2 Å². The molecule has 0 radical (unpaired) electrons. The highest BCUT2D eigenvalue weighted by Gasteiger charge is 2.12. The first kappa shape index (κ1) is 16.2. The van der Waals surface area contributed by atoms with Crippen molar-refractivity contribution in [3.63, 3.8) is 0 Å². The van der Waals surface area contributed by atoms with Gasteiger partial charge in [-0.15, -0.1) is 0 Å². The van der Waals surface area contributed by atoms with Gasteiger partial charge in [0.05, 0.1) is 17.2 Å². The summed E-state index contributed by atoms with van der Waals surface area (Å²) in [4.78, 5) is 0. The van der Waals surface area contributed by atoms with E-state index in [1.807, 2.05) is 30.3 Å². The summed E-state index contributed by atoms with van der Waals surface area (Å²) >= 11 is 12.0. The van der Waals surface area contributed by atoms with Gasteiger partial charge < -0.3 is 10.1 Å². The minimum Gasteiger partial charge on any atom is -0.497 e. The van der Waals surface area contributed by atoms with Crippen molar-refractivity contribution in [1.82, 2.24) is 5.32 Å². The minimum absolute atomic E-state index is 0.178. The SMILES string of the molecule is COc1ccc([C@@H](C)NC(C)c2ccc(Cl)c(Cl)c2)cc1. The fourth-order valence-corrected chi connectivity index (χ4v) is 2.55. The Bertz CT molecular complexity index is 598. The zero-order valence-electron chi connectivity index (χ0n) is 12.4. The smallest absolute Gasteiger partial charge is 0.118 e. The first-order valence-electron chi connectivity index (χ1n) is 6.86. The lowest BCUT2D eigenvalue weighted by molar-refractivity contribution is 0.414. The van der Waals surface area contributed by atoms with Gasteiger partial charge in [-0.3, -0.25) is 0 Å². The molecule has 2 rings (SSSR count). The Morgan fingerprint density at radius 2 is 1.43 bits per heavy atom. The molecule has 2 aromatic carbocycles. The number of hydrogen-bond acceptors (Lipinski definition) is 2. The minimum atomic E-state index is 0.178. The van der Waals surface area contributed by atoms with Gasteiger partial charge in [-0.05, 0) is 49.2 Å². The molecule has 0 aliphatic rings. The third-order valence-electron chi connectivity index (χ3n) is 3.56. The molecule has 0 amide bonds. The summed E-state index contributed by atoms with van der Waals surface area (Å²) in [5.74, 6) is 0.864. The number of benzene rings is 2. The number of ether oxygens (including phenoxy) is 1. The lowest BCUT2D eigenvalue weighted by Gasteiger charge is -2.21. The zero-order valence-corrected chi connectivity index (χ0v) is 13.9. The predicted molar refractivity (Wildman–Crippen MR) is 89.4 cm³/mol. The highest BCUT2D eigenvalue weighted by Crippen LogP contribution is 2.27. The molecule has 0 aliphatic carbocycles. The van der Waals surface area contributed by atoms with Crippen LogP contribution in [0, 0.1) is 0 Å². The lowest BCUT2D eigenvalue weighted by Crippen LogP contribution is -2.22. The molecular weight excluding hydrogens is 305 g/mol. The van der Waals surface area contributed by atoms with Gasteiger partial charge in [0, 0.05) is 12.1 Å². The van der Waals surface area contributed by atoms with Crippen LogP contribution in [-0.2, 0) is 0 Å². The van der Waals surface area contributed by atoms with Crippen LogP contribution in [0.5, 0.6) is 5.75 Å². The number of rotatable bonds is 5. The van der Waals surface area contributed by atoms with Crippen LogP contribution < -0.4 is 10.1 Å². The first-order valence-corrected chi connectivity index (χ1v) is 7.62. The molecule has 0 spiro atoms. The van der Waals surface area contributed by atoms with Crippen LogP contribution in [0.15, 0.2) is 42.5 Å². The second kappa shape index (κ2) is 7.17. The summed E-state index contributed by atoms with van der Waals surface area (Å²) in [6.45, 7) is 4.25. The molecule has 112 valence electrons. The van der Waals surface area contributed by atoms with Gasteiger partial charge in [-0.2, -0.15) is 0 Å². The third kappa shape index (κ3) is 4.13. The van der Waals surface area contributed by atoms with E-state index in [0.29, 0.717) is 10.0 Å². The molecule has 1 unspecified atom stereocenters. The second-order valence-electron chi connectivity index (χ2n) is 5.06. The van der Waals surface area contributed by atoms with Crippen molar-refractivity contribution in [2.45, 2.75) is 25.9 Å². The first-order chi connectivity index (χ1) is 10.0. The Hall–Kier alpha value is -1.22. The Morgan fingerprint density at radius 3 is 2.00 bits per heavy atom. The van der Waals surface area contributed by atoms with Crippen molar-refractivity contribution in [1.29, 1.82) is 0 Å². The van der Waals surface area contributed by atoms with E-state index in [-0.39, 0.29) is 12.1 Å². The Balaban J connectivity index is 2.06. The molecule has 0 fully saturated rings. The molecule has 21 heavy (non-hydrogen) atoms. The maximum absolute atomic E-state index is 6.07. The van der Waals surface area contributed by atoms with E-state index in [9.17, 15) is 0 Å². The third-order valence-corrected chi connectivity index (χ3v) is 4.30. The van der Waals surface area contributed by atoms with Crippen LogP contribution in [0.4, 0.5) is 0 Å². The van der Waals surface area contributed by atoms with Gasteiger partial charge >= 0.3 is 0 Å². The monoisotopic (exact) mass is 323 g/mol. The zero-order chi connectivity index (χ0) is 15.4. The highest BCUT2D eigenvalue weighted by atomic mass is 35.5. The molecular formula is C17H19Cl2NO. The van der Waals surface area contributed by atoms with Gasteiger partial charge in [0.1, 0.15) is 5.75 Å². The van der Waals surface area contributed by atoms with E-state index >= 15 is 0 Å². The Labute approximate surface area is 136 Å². The fraction of sp³-hybridized carbons (Fsp3) is 0.294. The summed E-state index contributed by atoms with van der Waals surface area (Å²) in [6, 6.07) is 14.2. The molecule has 0 aliphatic heterocycles. The summed E-state index contributed by atoms with van der Waals surface area (Å²) in [5.41, 5.74) is 2.33. The summed E-state index contributed by atoms with van der Waals surface area (Å²) in [5, 5.41) is 4.72.